The molecular formula is C21H22N2O4. The van der Waals surface area contributed by atoms with Crippen molar-refractivity contribution in [2.75, 3.05) is 13.7 Å². The van der Waals surface area contributed by atoms with Crippen LogP contribution in [-0.4, -0.2) is 36.3 Å². The molecule has 2 aromatic rings. The molecule has 3 rings (SSSR count). The van der Waals surface area contributed by atoms with Crippen LogP contribution in [-0.2, 0) is 6.54 Å². The van der Waals surface area contributed by atoms with E-state index in [4.69, 9.17) is 4.74 Å². The standard InChI is InChI=1S/C21H22N2O4/c1-3-4-11-23-20(25)17-10-7-15(12-18(17)21(23)26)19(24)22-13-14-5-8-16(27-2)9-6-14/h5-10,12H,3-4,11,13H2,1-2H3,(H,22,24). The highest BCUT2D eigenvalue weighted by Gasteiger charge is 2.35. The summed E-state index contributed by atoms with van der Waals surface area (Å²) in [6.07, 6.45) is 1.66. The lowest BCUT2D eigenvalue weighted by Crippen LogP contribution is -2.30. The van der Waals surface area contributed by atoms with E-state index in [-0.39, 0.29) is 17.7 Å². The number of rotatable bonds is 7. The topological polar surface area (TPSA) is 75.7 Å². The largest absolute Gasteiger partial charge is 0.497 e. The second-order valence-corrected chi connectivity index (χ2v) is 6.41. The molecule has 0 saturated carbocycles. The summed E-state index contributed by atoms with van der Waals surface area (Å²) < 4.78 is 5.11. The van der Waals surface area contributed by atoms with Gasteiger partial charge in [-0.05, 0) is 42.3 Å². The highest BCUT2D eigenvalue weighted by Crippen LogP contribution is 2.24. The summed E-state index contributed by atoms with van der Waals surface area (Å²) in [6.45, 7) is 2.76. The van der Waals surface area contributed by atoms with Gasteiger partial charge in [0.05, 0.1) is 18.2 Å². The summed E-state index contributed by atoms with van der Waals surface area (Å²) in [6, 6.07) is 12.0. The molecule has 6 heteroatoms. The van der Waals surface area contributed by atoms with Crippen molar-refractivity contribution in [3.8, 4) is 5.75 Å². The first-order chi connectivity index (χ1) is 13.0. The Morgan fingerprint density at radius 3 is 2.41 bits per heavy atom. The maximum absolute atomic E-state index is 12.5. The van der Waals surface area contributed by atoms with E-state index >= 15 is 0 Å². The van der Waals surface area contributed by atoms with Gasteiger partial charge in [0.25, 0.3) is 17.7 Å². The van der Waals surface area contributed by atoms with Gasteiger partial charge < -0.3 is 10.1 Å². The van der Waals surface area contributed by atoms with E-state index in [0.29, 0.717) is 29.8 Å². The normalized spacial score (nSPS) is 12.9. The minimum Gasteiger partial charge on any atom is -0.497 e. The lowest BCUT2D eigenvalue weighted by atomic mass is 10.1. The first-order valence-corrected chi connectivity index (χ1v) is 8.96. The number of hydrogen-bond donors (Lipinski definition) is 1. The monoisotopic (exact) mass is 366 g/mol. The fraction of sp³-hybridized carbons (Fsp3) is 0.286. The van der Waals surface area contributed by atoms with Gasteiger partial charge in [-0.1, -0.05) is 25.5 Å². The fourth-order valence-electron chi connectivity index (χ4n) is 2.98. The van der Waals surface area contributed by atoms with Crippen molar-refractivity contribution < 1.29 is 19.1 Å². The molecule has 0 fully saturated rings. The van der Waals surface area contributed by atoms with Crippen molar-refractivity contribution in [3.63, 3.8) is 0 Å². The van der Waals surface area contributed by atoms with Crippen LogP contribution in [0, 0.1) is 0 Å². The van der Waals surface area contributed by atoms with E-state index in [9.17, 15) is 14.4 Å². The van der Waals surface area contributed by atoms with Gasteiger partial charge >= 0.3 is 0 Å². The second-order valence-electron chi connectivity index (χ2n) is 6.41. The third-order valence-electron chi connectivity index (χ3n) is 4.58. The van der Waals surface area contributed by atoms with Gasteiger partial charge in [-0.2, -0.15) is 0 Å². The molecule has 1 N–H and O–H groups in total. The highest BCUT2D eigenvalue weighted by atomic mass is 16.5. The van der Waals surface area contributed by atoms with E-state index < -0.39 is 0 Å². The van der Waals surface area contributed by atoms with Gasteiger partial charge in [0.15, 0.2) is 0 Å². The zero-order chi connectivity index (χ0) is 19.4. The minimum absolute atomic E-state index is 0.284. The van der Waals surface area contributed by atoms with Crippen LogP contribution in [0.15, 0.2) is 42.5 Å². The van der Waals surface area contributed by atoms with E-state index in [1.165, 1.54) is 11.0 Å². The molecule has 0 aliphatic carbocycles. The molecule has 6 nitrogen and oxygen atoms in total. The number of nitrogens with zero attached hydrogens (tertiary/aromatic N) is 1. The third kappa shape index (κ3) is 3.84. The van der Waals surface area contributed by atoms with Gasteiger partial charge in [-0.3, -0.25) is 19.3 Å². The number of carbonyl (C=O) groups excluding carboxylic acids is 3. The van der Waals surface area contributed by atoms with Crippen molar-refractivity contribution in [1.29, 1.82) is 0 Å². The number of hydrogen-bond acceptors (Lipinski definition) is 4. The van der Waals surface area contributed by atoms with E-state index in [0.717, 1.165) is 24.2 Å². The molecule has 1 aliphatic rings. The predicted octanol–water partition coefficient (Wildman–Crippen LogP) is 3.02. The Morgan fingerprint density at radius 1 is 1.04 bits per heavy atom. The van der Waals surface area contributed by atoms with Crippen LogP contribution in [0.5, 0.6) is 5.75 Å². The fourth-order valence-corrected chi connectivity index (χ4v) is 2.98. The molecule has 1 heterocycles. The molecular weight excluding hydrogens is 344 g/mol. The lowest BCUT2D eigenvalue weighted by molar-refractivity contribution is 0.0652. The molecule has 3 amide bonds. The number of unbranched alkanes of at least 4 members (excludes halogenated alkanes) is 1. The average Bonchev–Trinajstić information content (AvgIpc) is 2.94. The number of carbonyl (C=O) groups is 3. The second kappa shape index (κ2) is 8.03. The lowest BCUT2D eigenvalue weighted by Gasteiger charge is -2.12. The number of amides is 3. The van der Waals surface area contributed by atoms with Crippen LogP contribution in [0.3, 0.4) is 0 Å². The summed E-state index contributed by atoms with van der Waals surface area (Å²) in [4.78, 5) is 38.5. The first kappa shape index (κ1) is 18.6. The van der Waals surface area contributed by atoms with Crippen LogP contribution >= 0.6 is 0 Å². The molecule has 0 radical (unpaired) electrons. The van der Waals surface area contributed by atoms with E-state index in [1.54, 1.807) is 19.2 Å². The van der Waals surface area contributed by atoms with Crippen LogP contribution < -0.4 is 10.1 Å². The molecule has 2 aromatic carbocycles. The molecule has 0 atom stereocenters. The summed E-state index contributed by atoms with van der Waals surface area (Å²) in [5.74, 6) is -0.151. The number of methoxy groups -OCH3 is 1. The summed E-state index contributed by atoms with van der Waals surface area (Å²) >= 11 is 0. The molecule has 140 valence electrons. The van der Waals surface area contributed by atoms with Gasteiger partial charge in [-0.25, -0.2) is 0 Å². The zero-order valence-corrected chi connectivity index (χ0v) is 15.5. The molecule has 1 aliphatic heterocycles. The van der Waals surface area contributed by atoms with E-state index in [1.807, 2.05) is 31.2 Å². The average molecular weight is 366 g/mol. The Balaban J connectivity index is 1.70. The Morgan fingerprint density at radius 2 is 1.74 bits per heavy atom. The highest BCUT2D eigenvalue weighted by molar-refractivity contribution is 6.22. The van der Waals surface area contributed by atoms with Crippen LogP contribution in [0.2, 0.25) is 0 Å². The number of fused-ring (bicyclic) bond motifs is 1. The van der Waals surface area contributed by atoms with Crippen molar-refractivity contribution in [1.82, 2.24) is 10.2 Å². The van der Waals surface area contributed by atoms with Gasteiger partial charge in [-0.15, -0.1) is 0 Å². The maximum Gasteiger partial charge on any atom is 0.261 e. The molecule has 0 aromatic heterocycles. The number of ether oxygens (including phenoxy) is 1. The van der Waals surface area contributed by atoms with Gasteiger partial charge in [0.2, 0.25) is 0 Å². The number of benzene rings is 2. The van der Waals surface area contributed by atoms with Crippen LogP contribution in [0.25, 0.3) is 0 Å². The van der Waals surface area contributed by atoms with Crippen molar-refractivity contribution in [2.45, 2.75) is 26.3 Å². The van der Waals surface area contributed by atoms with E-state index in [2.05, 4.69) is 5.32 Å². The third-order valence-corrected chi connectivity index (χ3v) is 4.58. The summed E-state index contributed by atoms with van der Waals surface area (Å²) in [7, 11) is 1.60. The Hall–Kier alpha value is -3.15. The van der Waals surface area contributed by atoms with Crippen molar-refractivity contribution in [3.05, 3.63) is 64.7 Å². The summed E-state index contributed by atoms with van der Waals surface area (Å²) in [5.41, 5.74) is 1.96. The van der Waals surface area contributed by atoms with Gasteiger partial charge in [0, 0.05) is 18.7 Å². The Bertz CT molecular complexity index is 874. The minimum atomic E-state index is -0.326. The van der Waals surface area contributed by atoms with Crippen molar-refractivity contribution in [2.24, 2.45) is 0 Å². The quantitative estimate of drug-likeness (QED) is 0.764. The molecule has 0 saturated heterocycles. The Labute approximate surface area is 158 Å². The zero-order valence-electron chi connectivity index (χ0n) is 15.5. The SMILES string of the molecule is CCCCN1C(=O)c2ccc(C(=O)NCc3ccc(OC)cc3)cc2C1=O. The van der Waals surface area contributed by atoms with Crippen molar-refractivity contribution >= 4 is 17.7 Å². The summed E-state index contributed by atoms with van der Waals surface area (Å²) in [5, 5.41) is 2.83. The molecule has 0 spiro atoms. The number of imide groups is 1. The first-order valence-electron chi connectivity index (χ1n) is 8.96. The van der Waals surface area contributed by atoms with Crippen LogP contribution in [0.1, 0.15) is 56.4 Å². The molecule has 0 bridgehead atoms. The molecule has 0 unspecified atom stereocenters. The smallest absolute Gasteiger partial charge is 0.261 e. The number of nitrogens with one attached hydrogen (secondary N) is 1. The Kier molecular flexibility index (Phi) is 5.54. The van der Waals surface area contributed by atoms with Crippen LogP contribution in [0.4, 0.5) is 0 Å². The maximum atomic E-state index is 12.5. The predicted molar refractivity (Wildman–Crippen MR) is 101 cm³/mol. The van der Waals surface area contributed by atoms with Gasteiger partial charge in [0.1, 0.15) is 5.75 Å². The molecule has 27 heavy (non-hydrogen) atoms.